The number of pyridine rings is 1. The average Bonchev–Trinajstić information content (AvgIpc) is 2.99. The van der Waals surface area contributed by atoms with Crippen LogP contribution in [0.2, 0.25) is 0 Å². The van der Waals surface area contributed by atoms with E-state index in [4.69, 9.17) is 34.7 Å². The molecule has 2 saturated carbocycles. The van der Waals surface area contributed by atoms with Gasteiger partial charge in [0.15, 0.2) is 0 Å². The fourth-order valence-corrected chi connectivity index (χ4v) is 6.65. The van der Waals surface area contributed by atoms with Crippen molar-refractivity contribution < 1.29 is 27.4 Å². The molecular formula is C28H48Cl2MnN6O3S. The average molecular weight is 675 g/mol. The number of carbonyl (C=O) groups is 1. The maximum absolute atomic E-state index is 12.4. The molecule has 2 bridgehead atoms. The summed E-state index contributed by atoms with van der Waals surface area (Å²) >= 11 is 1.59. The molecule has 2 aliphatic carbocycles. The molecule has 2 heterocycles. The van der Waals surface area contributed by atoms with Gasteiger partial charge in [-0.25, -0.2) is 0 Å². The number of hydrogen-bond donors (Lipinski definition) is 5. The Morgan fingerprint density at radius 2 is 1.41 bits per heavy atom. The zero-order chi connectivity index (χ0) is 29.1. The Kier molecular flexibility index (Phi) is 18.5. The first-order valence-electron chi connectivity index (χ1n) is 14.9. The molecule has 9 nitrogen and oxygen atoms in total. The molecule has 0 unspecified atom stereocenters. The number of nitrogens with zero attached hydrogens (tertiary/aromatic N) is 1. The summed E-state index contributed by atoms with van der Waals surface area (Å²) in [7, 11) is 11.2. The van der Waals surface area contributed by atoms with Gasteiger partial charge in [-0.15, -0.1) is 11.8 Å². The second kappa shape index (κ2) is 21.5. The molecule has 4 atom stereocenters. The van der Waals surface area contributed by atoms with Crippen molar-refractivity contribution in [3.05, 3.63) is 23.5 Å². The number of thioether (sulfide) groups is 1. The number of hydrogen-bond acceptors (Lipinski definition) is 9. The van der Waals surface area contributed by atoms with Crippen molar-refractivity contribution in [2.75, 3.05) is 52.3 Å². The monoisotopic (exact) mass is 673 g/mol. The van der Waals surface area contributed by atoms with E-state index in [1.165, 1.54) is 51.4 Å². The van der Waals surface area contributed by atoms with Crippen LogP contribution in [0, 0.1) is 0 Å². The Morgan fingerprint density at radius 3 is 1.93 bits per heavy atom. The molecule has 2 fully saturated rings. The maximum atomic E-state index is 12.4. The quantitative estimate of drug-likeness (QED) is 0.153. The van der Waals surface area contributed by atoms with Crippen LogP contribution >= 0.6 is 32.0 Å². The van der Waals surface area contributed by atoms with E-state index < -0.39 is 0 Å². The van der Waals surface area contributed by atoms with Crippen molar-refractivity contribution in [1.82, 2.24) is 31.6 Å². The van der Waals surface area contributed by atoms with E-state index in [9.17, 15) is 4.79 Å². The molecular weight excluding hydrogens is 626 g/mol. The number of rotatable bonds is 9. The van der Waals surface area contributed by atoms with Gasteiger partial charge in [0.1, 0.15) is 0 Å². The molecule has 13 heteroatoms. The molecule has 0 radical (unpaired) electrons. The third kappa shape index (κ3) is 14.0. The first-order valence-corrected chi connectivity index (χ1v) is 19.1. The summed E-state index contributed by atoms with van der Waals surface area (Å²) in [6.07, 6.45) is 10.0. The first-order chi connectivity index (χ1) is 20.1. The van der Waals surface area contributed by atoms with E-state index in [-0.39, 0.29) is 19.0 Å². The predicted octanol–water partition coefficient (Wildman–Crippen LogP) is 3.32. The molecule has 0 saturated heterocycles. The summed E-state index contributed by atoms with van der Waals surface area (Å²) in [6, 6.07) is 6.25. The zero-order valence-corrected chi connectivity index (χ0v) is 27.7. The van der Waals surface area contributed by atoms with Crippen LogP contribution in [-0.4, -0.2) is 87.4 Å². The zero-order valence-electron chi connectivity index (χ0n) is 24.2. The summed E-state index contributed by atoms with van der Waals surface area (Å²) in [5.74, 6) is 0.401. The van der Waals surface area contributed by atoms with Crippen molar-refractivity contribution >= 4 is 37.9 Å². The Morgan fingerprint density at radius 1 is 0.902 bits per heavy atom. The third-order valence-electron chi connectivity index (χ3n) is 7.84. The first kappa shape index (κ1) is 35.3. The summed E-state index contributed by atoms with van der Waals surface area (Å²) in [5.41, 5.74) is 2.10. The standard InChI is InChI=1S/C28H48N6O3S.2ClH.Mn/c1-36-14-15-37-13-12-31-28(35)20-38-23-16-21-18-32-26-8-4-2-6-24(26)29-10-11-30-25-7-3-5-9-27(25)33-19-22(17-23)34-21;;;/h16-17,24-27,29-30,32-33H,2-15,18-20H2,1H3,(H,31,35);2*1H;/q;;;+2/p-2/t24-,25-,26-,27-;;;/m1.../s1. The van der Waals surface area contributed by atoms with Crippen LogP contribution in [0.4, 0.5) is 0 Å². The Balaban J connectivity index is 0.00000147. The van der Waals surface area contributed by atoms with Crippen LogP contribution in [0.1, 0.15) is 62.8 Å². The van der Waals surface area contributed by atoms with Crippen LogP contribution in [0.25, 0.3) is 0 Å². The van der Waals surface area contributed by atoms with Crippen LogP contribution in [0.15, 0.2) is 17.0 Å². The second-order valence-electron chi connectivity index (χ2n) is 10.7. The number of fused-ring (bicyclic) bond motifs is 4. The van der Waals surface area contributed by atoms with Gasteiger partial charge in [0.25, 0.3) is 0 Å². The molecule has 1 aromatic heterocycles. The Bertz CT molecular complexity index is 832. The summed E-state index contributed by atoms with van der Waals surface area (Å²) in [4.78, 5) is 18.5. The normalized spacial score (nSPS) is 25.3. The van der Waals surface area contributed by atoms with Gasteiger partial charge in [0.05, 0.1) is 37.0 Å². The molecule has 0 aromatic carbocycles. The van der Waals surface area contributed by atoms with E-state index >= 15 is 0 Å². The van der Waals surface area contributed by atoms with E-state index in [0.29, 0.717) is 56.3 Å². The predicted molar refractivity (Wildman–Crippen MR) is 164 cm³/mol. The molecule has 1 amide bonds. The number of methoxy groups -OCH3 is 1. The number of nitrogens with one attached hydrogen (secondary N) is 5. The van der Waals surface area contributed by atoms with Gasteiger partial charge in [-0.1, -0.05) is 25.7 Å². The molecule has 1 aliphatic heterocycles. The third-order valence-corrected chi connectivity index (χ3v) is 8.81. The molecule has 41 heavy (non-hydrogen) atoms. The van der Waals surface area contributed by atoms with Gasteiger partial charge in [0, 0.05) is 68.9 Å². The van der Waals surface area contributed by atoms with E-state index in [1.54, 1.807) is 18.9 Å². The minimum atomic E-state index is 0.00694. The summed E-state index contributed by atoms with van der Waals surface area (Å²) < 4.78 is 10.4. The van der Waals surface area contributed by atoms with Gasteiger partial charge in [0.2, 0.25) is 5.91 Å². The fourth-order valence-electron chi connectivity index (χ4n) is 5.82. The Labute approximate surface area is 265 Å². The summed E-state index contributed by atoms with van der Waals surface area (Å²) in [5, 5.41) is 18.2. The topological polar surface area (TPSA) is 109 Å². The van der Waals surface area contributed by atoms with Gasteiger partial charge in [-0.2, -0.15) is 0 Å². The van der Waals surface area contributed by atoms with Crippen molar-refractivity contribution in [3.63, 3.8) is 0 Å². The van der Waals surface area contributed by atoms with Gasteiger partial charge >= 0.3 is 33.3 Å². The van der Waals surface area contributed by atoms with Crippen molar-refractivity contribution in [2.24, 2.45) is 0 Å². The molecule has 5 N–H and O–H groups in total. The van der Waals surface area contributed by atoms with Gasteiger partial charge in [-0.3, -0.25) is 9.78 Å². The van der Waals surface area contributed by atoms with Crippen molar-refractivity contribution in [1.29, 1.82) is 0 Å². The number of halogens is 2. The molecule has 1 aromatic rings. The number of ether oxygens (including phenoxy) is 2. The van der Waals surface area contributed by atoms with Crippen molar-refractivity contribution in [3.8, 4) is 0 Å². The van der Waals surface area contributed by atoms with E-state index in [2.05, 4.69) is 38.7 Å². The van der Waals surface area contributed by atoms with Crippen LogP contribution in [0.3, 0.4) is 0 Å². The molecule has 0 spiro atoms. The second-order valence-corrected chi connectivity index (χ2v) is 13.7. The number of aromatic nitrogens is 1. The van der Waals surface area contributed by atoms with E-state index in [0.717, 1.165) is 42.5 Å². The van der Waals surface area contributed by atoms with E-state index in [1.807, 2.05) is 0 Å². The minimum absolute atomic E-state index is 0.00694. The SMILES string of the molecule is COCCOCCNC(=O)CSc1cc2nc(c1)CN[C@@H]1CCCC[C@H]1NCCN[C@@H]1CCCC[C@H]1NC2.[Cl][Mn][Cl]. The van der Waals surface area contributed by atoms with Gasteiger partial charge < -0.3 is 36.1 Å². The molecule has 4 rings (SSSR count). The van der Waals surface area contributed by atoms with Crippen LogP contribution in [-0.2, 0) is 40.5 Å². The molecule has 235 valence electrons. The summed E-state index contributed by atoms with van der Waals surface area (Å²) in [6.45, 7) is 5.64. The van der Waals surface area contributed by atoms with Gasteiger partial charge in [-0.05, 0) is 37.8 Å². The number of carbonyl (C=O) groups excluding carboxylic acids is 1. The van der Waals surface area contributed by atoms with Crippen LogP contribution < -0.4 is 26.6 Å². The van der Waals surface area contributed by atoms with Crippen molar-refractivity contribution in [2.45, 2.75) is 93.5 Å². The fraction of sp³-hybridized carbons (Fsp3) is 0.786. The Hall–Kier alpha value is -0.171. The van der Waals surface area contributed by atoms with Crippen LogP contribution in [0.5, 0.6) is 0 Å². The number of amides is 1. The molecule has 3 aliphatic rings.